The van der Waals surface area contributed by atoms with Crippen molar-refractivity contribution < 1.29 is 0 Å². The van der Waals surface area contributed by atoms with Crippen molar-refractivity contribution in [1.29, 1.82) is 5.41 Å². The van der Waals surface area contributed by atoms with Crippen LogP contribution in [0, 0.1) is 5.41 Å². The van der Waals surface area contributed by atoms with Gasteiger partial charge in [0, 0.05) is 24.2 Å². The number of hydrogen-bond donors (Lipinski definition) is 1. The fourth-order valence-electron chi connectivity index (χ4n) is 2.89. The molecule has 3 nitrogen and oxygen atoms in total. The molecule has 1 atom stereocenters. The van der Waals surface area contributed by atoms with Crippen LogP contribution >= 0.6 is 0 Å². The number of benzene rings is 2. The lowest BCUT2D eigenvalue weighted by molar-refractivity contribution is 0.358. The van der Waals surface area contributed by atoms with Gasteiger partial charge in [-0.1, -0.05) is 86.7 Å². The molecule has 2 aromatic carbocycles. The van der Waals surface area contributed by atoms with E-state index in [0.717, 1.165) is 36.2 Å². The Labute approximate surface area is 157 Å². The molecule has 0 radical (unpaired) electrons. The first-order valence-electron chi connectivity index (χ1n) is 9.33. The van der Waals surface area contributed by atoms with Gasteiger partial charge in [0.15, 0.2) is 5.84 Å². The second-order valence-corrected chi connectivity index (χ2v) is 6.30. The molecule has 0 spiro atoms. The van der Waals surface area contributed by atoms with Gasteiger partial charge in [-0.05, 0) is 19.3 Å². The van der Waals surface area contributed by atoms with Crippen molar-refractivity contribution in [1.82, 2.24) is 4.90 Å². The molecule has 0 aromatic heterocycles. The van der Waals surface area contributed by atoms with Gasteiger partial charge in [-0.3, -0.25) is 5.41 Å². The summed E-state index contributed by atoms with van der Waals surface area (Å²) in [5.41, 5.74) is 1.86. The second-order valence-electron chi connectivity index (χ2n) is 6.30. The van der Waals surface area contributed by atoms with Gasteiger partial charge in [-0.15, -0.1) is 0 Å². The largest absolute Gasteiger partial charge is 0.356 e. The molecule has 0 saturated heterocycles. The van der Waals surface area contributed by atoms with Crippen molar-refractivity contribution in [2.24, 2.45) is 4.99 Å². The fourth-order valence-corrected chi connectivity index (χ4v) is 2.89. The average Bonchev–Trinajstić information content (AvgIpc) is 2.70. The van der Waals surface area contributed by atoms with E-state index in [0.29, 0.717) is 6.04 Å². The Bertz CT molecular complexity index is 733. The molecular weight excluding hydrogens is 318 g/mol. The van der Waals surface area contributed by atoms with E-state index in [1.165, 1.54) is 0 Å². The highest BCUT2D eigenvalue weighted by Crippen LogP contribution is 2.15. The molecule has 0 fully saturated rings. The Hall–Kier alpha value is -2.68. The van der Waals surface area contributed by atoms with Crippen molar-refractivity contribution in [2.75, 3.05) is 7.05 Å². The number of nitrogens with zero attached hydrogens (tertiary/aromatic N) is 2. The molecule has 0 aliphatic heterocycles. The number of rotatable bonds is 7. The lowest BCUT2D eigenvalue weighted by atomic mass is 10.1. The van der Waals surface area contributed by atoms with Crippen LogP contribution in [0.2, 0.25) is 0 Å². The third-order valence-electron chi connectivity index (χ3n) is 4.46. The molecule has 0 aliphatic rings. The Morgan fingerprint density at radius 2 is 1.54 bits per heavy atom. The second kappa shape index (κ2) is 10.3. The van der Waals surface area contributed by atoms with Gasteiger partial charge in [0.1, 0.15) is 5.84 Å². The highest BCUT2D eigenvalue weighted by molar-refractivity contribution is 6.10. The summed E-state index contributed by atoms with van der Waals surface area (Å²) in [4.78, 5) is 6.93. The zero-order valence-electron chi connectivity index (χ0n) is 16.0. The van der Waals surface area contributed by atoms with Crippen molar-refractivity contribution >= 4 is 11.7 Å². The van der Waals surface area contributed by atoms with Gasteiger partial charge in [0.2, 0.25) is 0 Å². The number of nitrogens with one attached hydrogen (secondary N) is 1. The lowest BCUT2D eigenvalue weighted by Crippen LogP contribution is -2.37. The maximum Gasteiger partial charge on any atom is 0.154 e. The minimum Gasteiger partial charge on any atom is -0.356 e. The van der Waals surface area contributed by atoms with E-state index >= 15 is 0 Å². The third kappa shape index (κ3) is 5.41. The minimum absolute atomic E-state index is 0.287. The molecule has 0 saturated carbocycles. The number of hydrogen-bond acceptors (Lipinski definition) is 1. The van der Waals surface area contributed by atoms with Gasteiger partial charge in [-0.25, -0.2) is 4.99 Å². The maximum atomic E-state index is 8.44. The molecule has 2 aromatic rings. The number of allylic oxidation sites excluding steroid dienone is 1. The van der Waals surface area contributed by atoms with Gasteiger partial charge >= 0.3 is 0 Å². The van der Waals surface area contributed by atoms with E-state index in [4.69, 9.17) is 10.4 Å². The first kappa shape index (κ1) is 19.6. The molecule has 1 unspecified atom stereocenters. The first-order chi connectivity index (χ1) is 12.7. The van der Waals surface area contributed by atoms with Crippen LogP contribution in [-0.4, -0.2) is 29.7 Å². The molecule has 26 heavy (non-hydrogen) atoms. The molecule has 0 heterocycles. The smallest absolute Gasteiger partial charge is 0.154 e. The highest BCUT2D eigenvalue weighted by Gasteiger charge is 2.18. The predicted molar refractivity (Wildman–Crippen MR) is 112 cm³/mol. The first-order valence-corrected chi connectivity index (χ1v) is 9.33. The van der Waals surface area contributed by atoms with E-state index in [-0.39, 0.29) is 5.84 Å². The van der Waals surface area contributed by atoms with Crippen molar-refractivity contribution in [2.45, 2.75) is 39.2 Å². The van der Waals surface area contributed by atoms with E-state index < -0.39 is 0 Å². The molecule has 136 valence electrons. The summed E-state index contributed by atoms with van der Waals surface area (Å²) < 4.78 is 0. The van der Waals surface area contributed by atoms with Crippen LogP contribution in [-0.2, 0) is 0 Å². The predicted octanol–water partition coefficient (Wildman–Crippen LogP) is 5.53. The zero-order valence-corrected chi connectivity index (χ0v) is 16.0. The van der Waals surface area contributed by atoms with Gasteiger partial charge < -0.3 is 4.90 Å². The fraction of sp³-hybridized carbons (Fsp3) is 0.304. The number of amidine groups is 2. The summed E-state index contributed by atoms with van der Waals surface area (Å²) in [5.74, 6) is 1.13. The van der Waals surface area contributed by atoms with E-state index in [9.17, 15) is 0 Å². The SMILES string of the molecule is CC/C=C\CC(CC)N(C)/C(=N\C(=N)c1ccccc1)c1ccccc1. The molecule has 0 bridgehead atoms. The molecule has 0 aliphatic carbocycles. The molecular formula is C23H29N3. The van der Waals surface area contributed by atoms with Gasteiger partial charge in [-0.2, -0.15) is 0 Å². The van der Waals surface area contributed by atoms with Crippen LogP contribution in [0.25, 0.3) is 0 Å². The summed E-state index contributed by atoms with van der Waals surface area (Å²) in [7, 11) is 2.08. The summed E-state index contributed by atoms with van der Waals surface area (Å²) in [6.07, 6.45) is 7.51. The summed E-state index contributed by atoms with van der Waals surface area (Å²) in [5, 5.41) is 8.44. The van der Waals surface area contributed by atoms with Crippen molar-refractivity contribution in [3.05, 3.63) is 83.9 Å². The summed E-state index contributed by atoms with van der Waals surface area (Å²) >= 11 is 0. The lowest BCUT2D eigenvalue weighted by Gasteiger charge is -2.30. The van der Waals surface area contributed by atoms with Gasteiger partial charge in [0.25, 0.3) is 0 Å². The van der Waals surface area contributed by atoms with Crippen LogP contribution in [0.3, 0.4) is 0 Å². The standard InChI is InChI=1S/C23H29N3/c1-4-6-9-18-21(5-2)26(3)23(20-16-12-8-13-17-20)25-22(24)19-14-10-7-11-15-19/h6-17,21,24H,4-5,18H2,1-3H3/b9-6-,24-22?,25-23-. The summed E-state index contributed by atoms with van der Waals surface area (Å²) in [6, 6.07) is 20.2. The Kier molecular flexibility index (Phi) is 7.81. The van der Waals surface area contributed by atoms with Crippen LogP contribution < -0.4 is 0 Å². The molecule has 0 amide bonds. The Balaban J connectivity index is 2.36. The Morgan fingerprint density at radius 1 is 0.962 bits per heavy atom. The van der Waals surface area contributed by atoms with E-state index in [1.807, 2.05) is 48.5 Å². The van der Waals surface area contributed by atoms with Crippen LogP contribution in [0.1, 0.15) is 44.2 Å². The zero-order chi connectivity index (χ0) is 18.8. The van der Waals surface area contributed by atoms with Crippen LogP contribution in [0.5, 0.6) is 0 Å². The monoisotopic (exact) mass is 347 g/mol. The van der Waals surface area contributed by atoms with Crippen LogP contribution in [0.4, 0.5) is 0 Å². The molecule has 2 rings (SSSR count). The third-order valence-corrected chi connectivity index (χ3v) is 4.46. The minimum atomic E-state index is 0.287. The van der Waals surface area contributed by atoms with E-state index in [2.05, 4.69) is 50.1 Å². The maximum absolute atomic E-state index is 8.44. The average molecular weight is 348 g/mol. The highest BCUT2D eigenvalue weighted by atomic mass is 15.2. The van der Waals surface area contributed by atoms with Crippen molar-refractivity contribution in [3.8, 4) is 0 Å². The normalized spacial score (nSPS) is 13.0. The van der Waals surface area contributed by atoms with Crippen LogP contribution in [0.15, 0.2) is 77.8 Å². The molecule has 3 heteroatoms. The van der Waals surface area contributed by atoms with E-state index in [1.54, 1.807) is 0 Å². The number of aliphatic imine (C=N–C) groups is 1. The quantitative estimate of drug-likeness (QED) is 0.399. The van der Waals surface area contributed by atoms with Gasteiger partial charge in [0.05, 0.1) is 0 Å². The Morgan fingerprint density at radius 3 is 2.08 bits per heavy atom. The van der Waals surface area contributed by atoms with Crippen molar-refractivity contribution in [3.63, 3.8) is 0 Å². The molecule has 1 N–H and O–H groups in total. The topological polar surface area (TPSA) is 39.5 Å². The summed E-state index contributed by atoms with van der Waals surface area (Å²) in [6.45, 7) is 4.35.